The van der Waals surface area contributed by atoms with Gasteiger partial charge in [-0.05, 0) is 73.5 Å². The van der Waals surface area contributed by atoms with Crippen molar-refractivity contribution in [2.75, 3.05) is 12.4 Å². The molecule has 0 amide bonds. The molecule has 9 nitrogen and oxygen atoms in total. The lowest BCUT2D eigenvalue weighted by Gasteiger charge is -2.06. The standard InChI is InChI=1S/C28H21N7O2/c1-16-12-24-25(33-35(32-24)18-8-10-19(37-3)11-9-18)13-23(16)30-15-21-17(2)20(14-29)27-31-22-6-4-5-7-26(22)34(27)28(21)36/h4-13,15,30H,1-3H3. The Morgan fingerprint density at radius 3 is 2.46 bits per heavy atom. The number of nitriles is 1. The molecule has 180 valence electrons. The first-order valence-electron chi connectivity index (χ1n) is 11.6. The number of pyridine rings is 1. The molecule has 0 atom stereocenters. The zero-order chi connectivity index (χ0) is 25.7. The summed E-state index contributed by atoms with van der Waals surface area (Å²) in [5.74, 6) is 0.757. The predicted octanol–water partition coefficient (Wildman–Crippen LogP) is 3.65. The van der Waals surface area contributed by atoms with Crippen molar-refractivity contribution in [3.8, 4) is 17.5 Å². The zero-order valence-electron chi connectivity index (χ0n) is 20.4. The second-order valence-corrected chi connectivity index (χ2v) is 8.72. The lowest BCUT2D eigenvalue weighted by Crippen LogP contribution is -2.34. The monoisotopic (exact) mass is 487 g/mol. The van der Waals surface area contributed by atoms with Gasteiger partial charge in [0.2, 0.25) is 0 Å². The van der Waals surface area contributed by atoms with Gasteiger partial charge in [-0.15, -0.1) is 10.2 Å². The maximum atomic E-state index is 13.5. The molecule has 0 saturated heterocycles. The maximum absolute atomic E-state index is 13.5. The van der Waals surface area contributed by atoms with E-state index in [1.165, 1.54) is 4.40 Å². The van der Waals surface area contributed by atoms with E-state index in [2.05, 4.69) is 26.6 Å². The highest BCUT2D eigenvalue weighted by atomic mass is 16.5. The first-order chi connectivity index (χ1) is 18.0. The smallest absolute Gasteiger partial charge is 0.265 e. The Kier molecular flexibility index (Phi) is 5.09. The fourth-order valence-corrected chi connectivity index (χ4v) is 4.49. The number of aryl methyl sites for hydroxylation is 1. The van der Waals surface area contributed by atoms with Gasteiger partial charge in [-0.2, -0.15) is 10.1 Å². The second-order valence-electron chi connectivity index (χ2n) is 8.72. The average molecular weight is 488 g/mol. The summed E-state index contributed by atoms with van der Waals surface area (Å²) in [7, 11) is 1.62. The maximum Gasteiger partial charge on any atom is 0.265 e. The molecule has 0 aliphatic heterocycles. The van der Waals surface area contributed by atoms with E-state index in [9.17, 15) is 10.1 Å². The fourth-order valence-electron chi connectivity index (χ4n) is 4.49. The van der Waals surface area contributed by atoms with Crippen molar-refractivity contribution >= 4 is 39.6 Å². The number of aromatic nitrogens is 5. The average Bonchev–Trinajstić information content (AvgIpc) is 3.50. The predicted molar refractivity (Wildman–Crippen MR) is 142 cm³/mol. The van der Waals surface area contributed by atoms with Gasteiger partial charge in [0, 0.05) is 11.9 Å². The Bertz CT molecular complexity index is 2000. The topological polar surface area (TPSA) is 110 Å². The van der Waals surface area contributed by atoms with Crippen LogP contribution in [0.15, 0.2) is 65.5 Å². The highest BCUT2D eigenvalue weighted by Crippen LogP contribution is 2.23. The van der Waals surface area contributed by atoms with Crippen molar-refractivity contribution in [2.45, 2.75) is 13.8 Å². The van der Waals surface area contributed by atoms with Crippen molar-refractivity contribution in [3.05, 3.63) is 92.9 Å². The van der Waals surface area contributed by atoms with E-state index in [0.29, 0.717) is 38.5 Å². The third-order valence-corrected chi connectivity index (χ3v) is 6.51. The van der Waals surface area contributed by atoms with Crippen LogP contribution in [0.3, 0.4) is 0 Å². The molecule has 0 aliphatic carbocycles. The highest BCUT2D eigenvalue weighted by Gasteiger charge is 2.16. The number of benzene rings is 3. The van der Waals surface area contributed by atoms with Crippen LogP contribution in [0.2, 0.25) is 0 Å². The van der Waals surface area contributed by atoms with Crippen molar-refractivity contribution < 1.29 is 4.74 Å². The van der Waals surface area contributed by atoms with Crippen LogP contribution in [-0.2, 0) is 0 Å². The van der Waals surface area contributed by atoms with Gasteiger partial charge in [0.15, 0.2) is 5.65 Å². The molecule has 3 heterocycles. The van der Waals surface area contributed by atoms with Gasteiger partial charge in [-0.3, -0.25) is 9.20 Å². The Hall–Kier alpha value is -5.23. The minimum Gasteiger partial charge on any atom is -0.497 e. The number of nitrogens with one attached hydrogen (secondary N) is 1. The van der Waals surface area contributed by atoms with Crippen LogP contribution in [0.5, 0.6) is 5.75 Å². The zero-order valence-corrected chi connectivity index (χ0v) is 20.4. The van der Waals surface area contributed by atoms with Crippen LogP contribution in [0.4, 0.5) is 5.69 Å². The quantitative estimate of drug-likeness (QED) is 0.404. The molecule has 37 heavy (non-hydrogen) atoms. The van der Waals surface area contributed by atoms with Gasteiger partial charge in [-0.25, -0.2) is 4.98 Å². The molecule has 6 aromatic rings. The van der Waals surface area contributed by atoms with Crippen LogP contribution in [0.25, 0.3) is 39.6 Å². The lowest BCUT2D eigenvalue weighted by atomic mass is 10.1. The summed E-state index contributed by atoms with van der Waals surface area (Å²) in [6.45, 7) is 3.73. The molecule has 0 fully saturated rings. The number of methoxy groups -OCH3 is 1. The van der Waals surface area contributed by atoms with Crippen molar-refractivity contribution in [2.24, 2.45) is 0 Å². The molecule has 0 aliphatic rings. The molecule has 9 heteroatoms. The number of ether oxygens (including phenoxy) is 1. The largest absolute Gasteiger partial charge is 0.497 e. The molecular formula is C28H21N7O2. The van der Waals surface area contributed by atoms with E-state index >= 15 is 0 Å². The Balaban J connectivity index is 1.45. The number of hydrogen-bond acceptors (Lipinski definition) is 7. The molecule has 0 spiro atoms. The van der Waals surface area contributed by atoms with Crippen LogP contribution in [-0.4, -0.2) is 31.5 Å². The van der Waals surface area contributed by atoms with E-state index < -0.39 is 0 Å². The van der Waals surface area contributed by atoms with Crippen LogP contribution in [0, 0.1) is 25.2 Å². The normalized spacial score (nSPS) is 11.9. The molecule has 0 saturated carbocycles. The number of anilines is 1. The summed E-state index contributed by atoms with van der Waals surface area (Å²) in [5.41, 5.74) is 6.39. The molecule has 1 N–H and O–H groups in total. The summed E-state index contributed by atoms with van der Waals surface area (Å²) in [4.78, 5) is 19.6. The summed E-state index contributed by atoms with van der Waals surface area (Å²) in [6, 6.07) is 20.9. The first kappa shape index (κ1) is 22.2. The number of imidazole rings is 1. The summed E-state index contributed by atoms with van der Waals surface area (Å²) in [5, 5.41) is 22.7. The third kappa shape index (κ3) is 3.54. The Morgan fingerprint density at radius 2 is 1.73 bits per heavy atom. The third-order valence-electron chi connectivity index (χ3n) is 6.51. The fraction of sp³-hybridized carbons (Fsp3) is 0.107. The molecule has 0 bridgehead atoms. The van der Waals surface area contributed by atoms with E-state index in [4.69, 9.17) is 4.74 Å². The molecule has 6 rings (SSSR count). The number of para-hydroxylation sites is 2. The number of nitrogens with zero attached hydrogens (tertiary/aromatic N) is 6. The summed E-state index contributed by atoms with van der Waals surface area (Å²) in [6.07, 6.45) is 1.65. The Labute approximate surface area is 210 Å². The molecule has 0 unspecified atom stereocenters. The SMILES string of the molecule is COc1ccc(-n2nc3cc(C)c(NC=c4c(C)c(C#N)c5nc6ccccc6n5c4=O)cc3n2)cc1. The van der Waals surface area contributed by atoms with Gasteiger partial charge in [0.25, 0.3) is 5.56 Å². The second kappa shape index (κ2) is 8.46. The van der Waals surface area contributed by atoms with Gasteiger partial charge in [0.05, 0.1) is 34.6 Å². The Morgan fingerprint density at radius 1 is 1.00 bits per heavy atom. The minimum absolute atomic E-state index is 0.239. The van der Waals surface area contributed by atoms with E-state index in [1.807, 2.05) is 67.6 Å². The summed E-state index contributed by atoms with van der Waals surface area (Å²) >= 11 is 0. The van der Waals surface area contributed by atoms with Gasteiger partial charge in [-0.1, -0.05) is 12.1 Å². The van der Waals surface area contributed by atoms with Crippen LogP contribution in [0.1, 0.15) is 16.7 Å². The van der Waals surface area contributed by atoms with E-state index in [0.717, 1.165) is 28.2 Å². The van der Waals surface area contributed by atoms with E-state index in [1.54, 1.807) is 25.0 Å². The number of fused-ring (bicyclic) bond motifs is 4. The molecular weight excluding hydrogens is 466 g/mol. The summed E-state index contributed by atoms with van der Waals surface area (Å²) < 4.78 is 6.73. The van der Waals surface area contributed by atoms with Crippen molar-refractivity contribution in [1.82, 2.24) is 24.4 Å². The first-order valence-corrected chi connectivity index (χ1v) is 11.6. The van der Waals surface area contributed by atoms with Gasteiger partial charge < -0.3 is 10.1 Å². The van der Waals surface area contributed by atoms with Crippen molar-refractivity contribution in [3.63, 3.8) is 0 Å². The van der Waals surface area contributed by atoms with Crippen molar-refractivity contribution in [1.29, 1.82) is 5.26 Å². The molecule has 3 aromatic heterocycles. The van der Waals surface area contributed by atoms with Crippen LogP contribution >= 0.6 is 0 Å². The molecule has 0 radical (unpaired) electrons. The number of rotatable bonds is 4. The number of hydrogen-bond donors (Lipinski definition) is 1. The highest BCUT2D eigenvalue weighted by molar-refractivity contribution is 5.84. The minimum atomic E-state index is -0.239. The van der Waals surface area contributed by atoms with Crippen LogP contribution < -0.4 is 20.8 Å². The van der Waals surface area contributed by atoms with E-state index in [-0.39, 0.29) is 5.56 Å². The van der Waals surface area contributed by atoms with Gasteiger partial charge in [0.1, 0.15) is 22.9 Å². The molecule has 3 aromatic carbocycles. The van der Waals surface area contributed by atoms with Gasteiger partial charge >= 0.3 is 0 Å². The lowest BCUT2D eigenvalue weighted by molar-refractivity contribution is 0.414.